The van der Waals surface area contributed by atoms with Crippen molar-refractivity contribution in [1.29, 1.82) is 0 Å². The summed E-state index contributed by atoms with van der Waals surface area (Å²) in [5, 5.41) is 33.0. The Bertz CT molecular complexity index is 2660. The van der Waals surface area contributed by atoms with Crippen LogP contribution in [0, 0.1) is 33.1 Å². The van der Waals surface area contributed by atoms with Crippen LogP contribution in [0.3, 0.4) is 0 Å². The van der Waals surface area contributed by atoms with Gasteiger partial charge in [-0.2, -0.15) is 0 Å². The topological polar surface area (TPSA) is 214 Å². The third-order valence-electron chi connectivity index (χ3n) is 12.3. The molecule has 4 amide bonds. The standard InChI is InChI=1S/C50H63ClN10O7S2/c1-29-31(3)70-49-42(29)43(34-12-14-36(51)15-13-34)56-38(46-59-58-32(4)61(46)49)25-41(64)53-19-21-68-23-22-67-20-18-52-17-16-40(63)57-45(50(5,6)7)48(66)60-27-37(62)24-39(60)47(65)54-26-33-8-10-35(11-9-33)44-30(2)55-28-69-44/h8-15,28,37-39,45,52,62H,16-27H2,1-7H3,(H,53,64)(H,54,65)(H,57,63)/t37-,38+,39+,45-/m1/s1. The predicted octanol–water partition coefficient (Wildman–Crippen LogP) is 5.56. The molecule has 0 spiro atoms. The second-order valence-electron chi connectivity index (χ2n) is 18.6. The summed E-state index contributed by atoms with van der Waals surface area (Å²) < 4.78 is 13.4. The number of aryl methyl sites for hydroxylation is 3. The van der Waals surface area contributed by atoms with Gasteiger partial charge >= 0.3 is 0 Å². The van der Waals surface area contributed by atoms with Crippen LogP contribution < -0.4 is 21.3 Å². The number of aliphatic hydroxyl groups excluding tert-OH is 1. The first-order chi connectivity index (χ1) is 33.5. The maximum Gasteiger partial charge on any atom is 0.246 e. The molecular formula is C50H63ClN10O7S2. The number of aromatic nitrogens is 4. The molecular weight excluding hydrogens is 952 g/mol. The van der Waals surface area contributed by atoms with Crippen LogP contribution in [-0.4, -0.2) is 130 Å². The molecule has 0 aliphatic carbocycles. The van der Waals surface area contributed by atoms with E-state index in [-0.39, 0.29) is 50.1 Å². The summed E-state index contributed by atoms with van der Waals surface area (Å²) in [4.78, 5) is 67.0. The van der Waals surface area contributed by atoms with Crippen molar-refractivity contribution in [2.24, 2.45) is 10.4 Å². The Morgan fingerprint density at radius 1 is 0.886 bits per heavy atom. The number of rotatable bonds is 21. The quantitative estimate of drug-likeness (QED) is 0.0574. The molecule has 0 saturated carbocycles. The second kappa shape index (κ2) is 23.7. The van der Waals surface area contributed by atoms with Crippen LogP contribution in [-0.2, 0) is 35.2 Å². The van der Waals surface area contributed by atoms with E-state index < -0.39 is 35.6 Å². The number of thiophene rings is 1. The number of aliphatic hydroxyl groups is 1. The van der Waals surface area contributed by atoms with E-state index in [1.54, 1.807) is 22.7 Å². The van der Waals surface area contributed by atoms with E-state index in [4.69, 9.17) is 26.1 Å². The Labute approximate surface area is 421 Å². The first-order valence-electron chi connectivity index (χ1n) is 23.5. The number of benzene rings is 2. The monoisotopic (exact) mass is 1010 g/mol. The number of halogens is 1. The van der Waals surface area contributed by atoms with Crippen molar-refractivity contribution in [2.45, 2.75) is 98.5 Å². The van der Waals surface area contributed by atoms with Crippen LogP contribution in [0.1, 0.15) is 90.5 Å². The van der Waals surface area contributed by atoms with Gasteiger partial charge in [0.15, 0.2) is 5.82 Å². The van der Waals surface area contributed by atoms with E-state index in [1.165, 1.54) is 9.78 Å². The van der Waals surface area contributed by atoms with Crippen molar-refractivity contribution in [3.05, 3.63) is 104 Å². The predicted molar refractivity (Wildman–Crippen MR) is 272 cm³/mol. The lowest BCUT2D eigenvalue weighted by Gasteiger charge is -2.35. The highest BCUT2D eigenvalue weighted by atomic mass is 35.5. The smallest absolute Gasteiger partial charge is 0.246 e. The van der Waals surface area contributed by atoms with Gasteiger partial charge in [0.25, 0.3) is 0 Å². The Morgan fingerprint density at radius 2 is 1.59 bits per heavy atom. The average Bonchev–Trinajstić information content (AvgIpc) is 4.09. The lowest BCUT2D eigenvalue weighted by atomic mass is 9.85. The number of hydrogen-bond donors (Lipinski definition) is 5. The number of likely N-dealkylation sites (tertiary alicyclic amines) is 1. The molecule has 1 fully saturated rings. The SMILES string of the molecule is Cc1ncsc1-c1ccc(CNC(=O)[C@@H]2C[C@@H](O)CN2C(=O)[C@@H](NC(=O)CCNCCOCCOCCNC(=O)C[C@@H]2N=C(c3ccc(Cl)cc3)c3c(sc(C)c3C)-n3c(C)nnc32)C(C)(C)C)cc1. The fraction of sp³-hybridized carbons (Fsp3) is 0.480. The number of fused-ring (bicyclic) bond motifs is 3. The Hall–Kier alpha value is -5.41. The molecule has 1 saturated heterocycles. The number of amides is 4. The van der Waals surface area contributed by atoms with Gasteiger partial charge < -0.3 is 40.7 Å². The lowest BCUT2D eigenvalue weighted by molar-refractivity contribution is -0.144. The molecule has 3 aromatic heterocycles. The summed E-state index contributed by atoms with van der Waals surface area (Å²) in [6.07, 6.45) is -0.560. The van der Waals surface area contributed by atoms with Gasteiger partial charge in [0, 0.05) is 66.6 Å². The summed E-state index contributed by atoms with van der Waals surface area (Å²) in [7, 11) is 0. The summed E-state index contributed by atoms with van der Waals surface area (Å²) in [6, 6.07) is 13.1. The van der Waals surface area contributed by atoms with Gasteiger partial charge in [-0.05, 0) is 61.9 Å². The highest BCUT2D eigenvalue weighted by molar-refractivity contribution is 7.15. The van der Waals surface area contributed by atoms with Crippen LogP contribution in [0.2, 0.25) is 5.02 Å². The molecule has 17 nitrogen and oxygen atoms in total. The Balaban J connectivity index is 0.781. The second-order valence-corrected chi connectivity index (χ2v) is 21.1. The summed E-state index contributed by atoms with van der Waals surface area (Å²) in [5.41, 5.74) is 7.87. The largest absolute Gasteiger partial charge is 0.391 e. The van der Waals surface area contributed by atoms with Crippen LogP contribution in [0.5, 0.6) is 0 Å². The molecule has 374 valence electrons. The van der Waals surface area contributed by atoms with Gasteiger partial charge in [0.2, 0.25) is 23.6 Å². The molecule has 0 unspecified atom stereocenters. The number of hydrogen-bond acceptors (Lipinski definition) is 14. The summed E-state index contributed by atoms with van der Waals surface area (Å²) >= 11 is 9.46. The average molecular weight is 1020 g/mol. The third kappa shape index (κ3) is 12.9. The van der Waals surface area contributed by atoms with Gasteiger partial charge in [0.1, 0.15) is 29.0 Å². The maximum absolute atomic E-state index is 14.0. The van der Waals surface area contributed by atoms with Gasteiger partial charge in [0.05, 0.1) is 60.7 Å². The molecule has 5 N–H and O–H groups in total. The van der Waals surface area contributed by atoms with Crippen LogP contribution >= 0.6 is 34.3 Å². The van der Waals surface area contributed by atoms with Gasteiger partial charge in [-0.25, -0.2) is 4.98 Å². The zero-order valence-electron chi connectivity index (χ0n) is 40.8. The van der Waals surface area contributed by atoms with Crippen molar-refractivity contribution < 1.29 is 33.8 Å². The molecule has 2 aliphatic heterocycles. The van der Waals surface area contributed by atoms with Crippen LogP contribution in [0.15, 0.2) is 59.0 Å². The lowest BCUT2D eigenvalue weighted by Crippen LogP contribution is -2.57. The summed E-state index contributed by atoms with van der Waals surface area (Å²) in [5.74, 6) is 0.0609. The first-order valence-corrected chi connectivity index (χ1v) is 25.6. The van der Waals surface area contributed by atoms with Crippen molar-refractivity contribution in [3.8, 4) is 15.4 Å². The normalized spacial score (nSPS) is 17.1. The molecule has 2 aromatic carbocycles. The molecule has 7 rings (SSSR count). The minimum absolute atomic E-state index is 0.00156. The van der Waals surface area contributed by atoms with E-state index in [2.05, 4.69) is 50.3 Å². The molecule has 2 aliphatic rings. The van der Waals surface area contributed by atoms with Crippen molar-refractivity contribution >= 4 is 63.6 Å². The van der Waals surface area contributed by atoms with E-state index in [0.717, 1.165) is 54.9 Å². The summed E-state index contributed by atoms with van der Waals surface area (Å²) in [6.45, 7) is 16.4. The number of carbonyl (C=O) groups excluding carboxylic acids is 4. The fourth-order valence-electron chi connectivity index (χ4n) is 8.45. The number of thiazole rings is 1. The molecule has 20 heteroatoms. The molecule has 0 bridgehead atoms. The number of nitrogens with one attached hydrogen (secondary N) is 4. The number of nitrogens with zero attached hydrogens (tertiary/aromatic N) is 6. The number of carbonyl (C=O) groups is 4. The van der Waals surface area contributed by atoms with Crippen LogP contribution in [0.4, 0.5) is 0 Å². The maximum atomic E-state index is 14.0. The van der Waals surface area contributed by atoms with E-state index in [9.17, 15) is 24.3 Å². The minimum atomic E-state index is -0.916. The Morgan fingerprint density at radius 3 is 2.27 bits per heavy atom. The van der Waals surface area contributed by atoms with E-state index in [1.807, 2.05) is 93.2 Å². The van der Waals surface area contributed by atoms with Crippen LogP contribution in [0.25, 0.3) is 15.4 Å². The van der Waals surface area contributed by atoms with Gasteiger partial charge in [-0.3, -0.25) is 28.7 Å². The number of β-amino-alcohol motifs (C(OH)–C–C–N with tert-alkyl or cyclic N) is 1. The van der Waals surface area contributed by atoms with Gasteiger partial charge in [-0.15, -0.1) is 32.9 Å². The third-order valence-corrected chi connectivity index (χ3v) is 14.8. The van der Waals surface area contributed by atoms with Crippen molar-refractivity contribution in [2.75, 3.05) is 52.6 Å². The Kier molecular flexibility index (Phi) is 17.7. The number of ether oxygens (including phenoxy) is 2. The number of aliphatic imine (C=N–C) groups is 1. The highest BCUT2D eigenvalue weighted by Gasteiger charge is 2.44. The van der Waals surface area contributed by atoms with Gasteiger partial charge in [-0.1, -0.05) is 68.8 Å². The molecule has 5 heterocycles. The minimum Gasteiger partial charge on any atom is -0.391 e. The molecule has 5 aromatic rings. The van der Waals surface area contributed by atoms with E-state index >= 15 is 0 Å². The highest BCUT2D eigenvalue weighted by Crippen LogP contribution is 2.40. The molecule has 70 heavy (non-hydrogen) atoms. The van der Waals surface area contributed by atoms with Crippen molar-refractivity contribution in [1.82, 2.24) is 45.9 Å². The zero-order chi connectivity index (χ0) is 50.1. The zero-order valence-corrected chi connectivity index (χ0v) is 43.2. The molecule has 0 radical (unpaired) electrons. The van der Waals surface area contributed by atoms with E-state index in [0.29, 0.717) is 56.9 Å². The van der Waals surface area contributed by atoms with Crippen molar-refractivity contribution in [3.63, 3.8) is 0 Å². The first kappa shape index (κ1) is 52.4. The molecule has 4 atom stereocenters. The fourth-order valence-corrected chi connectivity index (χ4v) is 10.6.